The van der Waals surface area contributed by atoms with Crippen LogP contribution < -0.4 is 5.73 Å². The summed E-state index contributed by atoms with van der Waals surface area (Å²) in [4.78, 5) is 7.35. The SMILES string of the molecule is Cc1nc(CC(N)C2(N3CCCCC3)CCCC2)cs1. The number of aromatic nitrogens is 1. The number of hydrogen-bond donors (Lipinski definition) is 1. The van der Waals surface area contributed by atoms with Crippen molar-refractivity contribution < 1.29 is 0 Å². The molecule has 0 aromatic carbocycles. The van der Waals surface area contributed by atoms with Crippen LogP contribution >= 0.6 is 11.3 Å². The molecule has 20 heavy (non-hydrogen) atoms. The lowest BCUT2D eigenvalue weighted by atomic mass is 9.83. The molecule has 2 fully saturated rings. The van der Waals surface area contributed by atoms with Crippen LogP contribution in [0, 0.1) is 6.92 Å². The van der Waals surface area contributed by atoms with Crippen molar-refractivity contribution in [2.24, 2.45) is 5.73 Å². The zero-order chi connectivity index (χ0) is 14.0. The topological polar surface area (TPSA) is 42.1 Å². The van der Waals surface area contributed by atoms with Gasteiger partial charge in [0.1, 0.15) is 0 Å². The highest BCUT2D eigenvalue weighted by Crippen LogP contribution is 2.39. The van der Waals surface area contributed by atoms with E-state index in [1.54, 1.807) is 11.3 Å². The number of likely N-dealkylation sites (tertiary alicyclic amines) is 1. The van der Waals surface area contributed by atoms with Gasteiger partial charge in [-0.2, -0.15) is 0 Å². The second-order valence-corrected chi connectivity index (χ2v) is 7.59. The molecule has 1 saturated carbocycles. The molecule has 1 unspecified atom stereocenters. The molecule has 0 spiro atoms. The zero-order valence-electron chi connectivity index (χ0n) is 12.6. The number of thiazole rings is 1. The van der Waals surface area contributed by atoms with Crippen molar-refractivity contribution in [1.29, 1.82) is 0 Å². The van der Waals surface area contributed by atoms with Gasteiger partial charge in [0, 0.05) is 23.4 Å². The number of hydrogen-bond acceptors (Lipinski definition) is 4. The number of nitrogens with zero attached hydrogens (tertiary/aromatic N) is 2. The minimum absolute atomic E-state index is 0.240. The summed E-state index contributed by atoms with van der Waals surface area (Å²) in [6, 6.07) is 0.240. The Labute approximate surface area is 126 Å². The van der Waals surface area contributed by atoms with Crippen molar-refractivity contribution in [2.75, 3.05) is 13.1 Å². The Kier molecular flexibility index (Phi) is 4.43. The van der Waals surface area contributed by atoms with Crippen molar-refractivity contribution >= 4 is 11.3 Å². The monoisotopic (exact) mass is 293 g/mol. The van der Waals surface area contributed by atoms with E-state index in [-0.39, 0.29) is 11.6 Å². The lowest BCUT2D eigenvalue weighted by Crippen LogP contribution is -2.60. The van der Waals surface area contributed by atoms with Gasteiger partial charge in [0.2, 0.25) is 0 Å². The molecule has 4 heteroatoms. The number of nitrogens with two attached hydrogens (primary N) is 1. The minimum Gasteiger partial charge on any atom is -0.326 e. The molecule has 1 aromatic rings. The average Bonchev–Trinajstić information content (AvgIpc) is 3.10. The molecule has 0 amide bonds. The highest BCUT2D eigenvalue weighted by molar-refractivity contribution is 7.09. The molecule has 2 heterocycles. The van der Waals surface area contributed by atoms with Crippen molar-refractivity contribution in [3.8, 4) is 0 Å². The summed E-state index contributed by atoms with van der Waals surface area (Å²) in [5, 5.41) is 3.35. The molecular weight excluding hydrogens is 266 g/mol. The minimum atomic E-state index is 0.240. The largest absolute Gasteiger partial charge is 0.326 e. The molecule has 3 nitrogen and oxygen atoms in total. The van der Waals surface area contributed by atoms with Crippen LogP contribution in [0.4, 0.5) is 0 Å². The fourth-order valence-corrected chi connectivity index (χ4v) is 4.79. The predicted octanol–water partition coefficient (Wildman–Crippen LogP) is 3.12. The van der Waals surface area contributed by atoms with Crippen molar-refractivity contribution in [1.82, 2.24) is 9.88 Å². The molecule has 1 aliphatic carbocycles. The maximum Gasteiger partial charge on any atom is 0.0897 e. The Hall–Kier alpha value is -0.450. The van der Waals surface area contributed by atoms with Gasteiger partial charge in [-0.05, 0) is 45.7 Å². The quantitative estimate of drug-likeness (QED) is 0.927. The number of rotatable bonds is 4. The molecule has 112 valence electrons. The van der Waals surface area contributed by atoms with E-state index in [1.165, 1.54) is 63.7 Å². The number of aryl methyl sites for hydroxylation is 1. The van der Waals surface area contributed by atoms with E-state index in [2.05, 4.69) is 22.2 Å². The Balaban J connectivity index is 1.75. The average molecular weight is 293 g/mol. The molecule has 3 rings (SSSR count). The summed E-state index contributed by atoms with van der Waals surface area (Å²) in [5.41, 5.74) is 8.17. The van der Waals surface area contributed by atoms with Crippen LogP contribution in [-0.2, 0) is 6.42 Å². The van der Waals surface area contributed by atoms with Crippen molar-refractivity contribution in [3.05, 3.63) is 16.1 Å². The maximum atomic E-state index is 6.71. The molecule has 1 saturated heterocycles. The van der Waals surface area contributed by atoms with Gasteiger partial charge in [-0.25, -0.2) is 4.98 Å². The van der Waals surface area contributed by atoms with Crippen molar-refractivity contribution in [2.45, 2.75) is 69.9 Å². The fraction of sp³-hybridized carbons (Fsp3) is 0.812. The third-order valence-corrected chi connectivity index (χ3v) is 6.06. The van der Waals surface area contributed by atoms with E-state index in [0.29, 0.717) is 0 Å². The van der Waals surface area contributed by atoms with Crippen LogP contribution in [0.3, 0.4) is 0 Å². The van der Waals surface area contributed by atoms with E-state index < -0.39 is 0 Å². The molecule has 2 aliphatic rings. The molecular formula is C16H27N3S. The second-order valence-electron chi connectivity index (χ2n) is 6.53. The Morgan fingerprint density at radius 3 is 2.55 bits per heavy atom. The lowest BCUT2D eigenvalue weighted by molar-refractivity contribution is 0.0480. The molecule has 0 bridgehead atoms. The normalized spacial score (nSPS) is 24.9. The molecule has 1 aliphatic heterocycles. The summed E-state index contributed by atoms with van der Waals surface area (Å²) in [5.74, 6) is 0. The predicted molar refractivity (Wildman–Crippen MR) is 85.2 cm³/mol. The van der Waals surface area contributed by atoms with Gasteiger partial charge in [-0.3, -0.25) is 4.90 Å². The van der Waals surface area contributed by atoms with Gasteiger partial charge in [0.25, 0.3) is 0 Å². The van der Waals surface area contributed by atoms with Gasteiger partial charge in [-0.1, -0.05) is 19.3 Å². The van der Waals surface area contributed by atoms with Crippen LogP contribution in [-0.4, -0.2) is 34.6 Å². The summed E-state index contributed by atoms with van der Waals surface area (Å²) in [6.45, 7) is 4.59. The smallest absolute Gasteiger partial charge is 0.0897 e. The first-order valence-electron chi connectivity index (χ1n) is 8.12. The molecule has 1 aromatic heterocycles. The van der Waals surface area contributed by atoms with Crippen LogP contribution in [0.2, 0.25) is 0 Å². The third-order valence-electron chi connectivity index (χ3n) is 5.24. The highest BCUT2D eigenvalue weighted by atomic mass is 32.1. The van der Waals surface area contributed by atoms with E-state index in [9.17, 15) is 0 Å². The first-order valence-corrected chi connectivity index (χ1v) is 9.00. The second kappa shape index (κ2) is 6.12. The maximum absolute atomic E-state index is 6.71. The summed E-state index contributed by atoms with van der Waals surface area (Å²) < 4.78 is 0. The van der Waals surface area contributed by atoms with Crippen molar-refractivity contribution in [3.63, 3.8) is 0 Å². The van der Waals surface area contributed by atoms with Gasteiger partial charge < -0.3 is 5.73 Å². The Morgan fingerprint density at radius 2 is 1.95 bits per heavy atom. The fourth-order valence-electron chi connectivity index (χ4n) is 4.17. The number of piperidine rings is 1. The van der Waals surface area contributed by atoms with Gasteiger partial charge in [-0.15, -0.1) is 11.3 Å². The van der Waals surface area contributed by atoms with Gasteiger partial charge in [0.05, 0.1) is 10.7 Å². The van der Waals surface area contributed by atoms with Crippen LogP contribution in [0.5, 0.6) is 0 Å². The van der Waals surface area contributed by atoms with Gasteiger partial charge in [0.15, 0.2) is 0 Å². The molecule has 2 N–H and O–H groups in total. The Morgan fingerprint density at radius 1 is 1.25 bits per heavy atom. The first kappa shape index (κ1) is 14.5. The Bertz CT molecular complexity index is 431. The summed E-state index contributed by atoms with van der Waals surface area (Å²) >= 11 is 1.74. The van der Waals surface area contributed by atoms with Crippen LogP contribution in [0.1, 0.15) is 55.6 Å². The van der Waals surface area contributed by atoms with Crippen LogP contribution in [0.15, 0.2) is 5.38 Å². The highest BCUT2D eigenvalue weighted by Gasteiger charge is 2.44. The summed E-state index contributed by atoms with van der Waals surface area (Å²) in [6.07, 6.45) is 10.3. The van der Waals surface area contributed by atoms with Gasteiger partial charge >= 0.3 is 0 Å². The molecule has 0 radical (unpaired) electrons. The van der Waals surface area contributed by atoms with E-state index in [4.69, 9.17) is 5.73 Å². The standard InChI is InChI=1S/C16H27N3S/c1-13-18-14(12-20-13)11-15(17)16(7-3-4-8-16)19-9-5-2-6-10-19/h12,15H,2-11,17H2,1H3. The van der Waals surface area contributed by atoms with E-state index in [1.807, 2.05) is 0 Å². The third kappa shape index (κ3) is 2.78. The van der Waals surface area contributed by atoms with Crippen LogP contribution in [0.25, 0.3) is 0 Å². The van der Waals surface area contributed by atoms with E-state index in [0.717, 1.165) is 11.4 Å². The van der Waals surface area contributed by atoms with E-state index >= 15 is 0 Å². The molecule has 1 atom stereocenters. The summed E-state index contributed by atoms with van der Waals surface area (Å²) in [7, 11) is 0. The lowest BCUT2D eigenvalue weighted by Gasteiger charge is -2.47. The first-order chi connectivity index (χ1) is 9.71. The zero-order valence-corrected chi connectivity index (χ0v) is 13.4.